The van der Waals surface area contributed by atoms with Crippen molar-refractivity contribution in [3.05, 3.63) is 59.7 Å². The predicted molar refractivity (Wildman–Crippen MR) is 102 cm³/mol. The summed E-state index contributed by atoms with van der Waals surface area (Å²) in [4.78, 5) is 21.1. The maximum Gasteiger partial charge on any atom is 0.307 e. The van der Waals surface area contributed by atoms with Gasteiger partial charge in [-0.2, -0.15) is 0 Å². The Kier molecular flexibility index (Phi) is 7.89. The Morgan fingerprint density at radius 1 is 0.643 bits per heavy atom. The quantitative estimate of drug-likeness (QED) is 0.703. The summed E-state index contributed by atoms with van der Waals surface area (Å²) >= 11 is 0. The van der Waals surface area contributed by atoms with Gasteiger partial charge >= 0.3 is 11.9 Å². The van der Waals surface area contributed by atoms with Gasteiger partial charge in [-0.15, -0.1) is 0 Å². The minimum atomic E-state index is -3.20. The number of carbonyl (C=O) groups is 2. The van der Waals surface area contributed by atoms with Crippen molar-refractivity contribution in [2.45, 2.75) is 22.6 Å². The third-order valence-corrected chi connectivity index (χ3v) is 5.67. The van der Waals surface area contributed by atoms with Crippen LogP contribution in [0, 0.1) is 0 Å². The van der Waals surface area contributed by atoms with Crippen LogP contribution in [0.4, 0.5) is 0 Å². The second-order valence-corrected chi connectivity index (χ2v) is 10.0. The maximum absolute atomic E-state index is 11.1. The summed E-state index contributed by atoms with van der Waals surface area (Å²) in [5.41, 5.74) is 1.18. The van der Waals surface area contributed by atoms with Crippen molar-refractivity contribution in [1.82, 2.24) is 0 Å². The molecular weight excluding hydrogens is 408 g/mol. The average molecular weight is 428 g/mol. The first kappa shape index (κ1) is 23.3. The summed E-state index contributed by atoms with van der Waals surface area (Å²) < 4.78 is 44.2. The highest BCUT2D eigenvalue weighted by Crippen LogP contribution is 2.11. The van der Waals surface area contributed by atoms with E-state index in [-0.39, 0.29) is 22.6 Å². The van der Waals surface area contributed by atoms with Gasteiger partial charge in [0.15, 0.2) is 19.7 Å². The van der Waals surface area contributed by atoms with Crippen molar-refractivity contribution in [3.8, 4) is 0 Å². The van der Waals surface area contributed by atoms with Gasteiger partial charge in [0.25, 0.3) is 0 Å². The molecule has 0 aliphatic rings. The summed E-state index contributed by atoms with van der Waals surface area (Å²) in [7, 11) is -6.39. The molecule has 0 aromatic heterocycles. The molecule has 0 saturated carbocycles. The van der Waals surface area contributed by atoms with Gasteiger partial charge in [-0.05, 0) is 35.4 Å². The van der Waals surface area contributed by atoms with E-state index in [1.807, 2.05) is 0 Å². The molecule has 0 fully saturated rings. The van der Waals surface area contributed by atoms with Gasteiger partial charge in [0.05, 0.1) is 22.6 Å². The lowest BCUT2D eigenvalue weighted by Crippen LogP contribution is -2.01. The number of hydrogen-bond acceptors (Lipinski definition) is 6. The van der Waals surface area contributed by atoms with Crippen LogP contribution < -0.4 is 0 Å². The fourth-order valence-corrected chi connectivity index (χ4v) is 3.32. The Morgan fingerprint density at radius 2 is 0.893 bits per heavy atom. The molecule has 0 aliphatic heterocycles. The lowest BCUT2D eigenvalue weighted by atomic mass is 10.2. The van der Waals surface area contributed by atoms with Crippen LogP contribution in [0.2, 0.25) is 0 Å². The zero-order valence-corrected chi connectivity index (χ0v) is 16.8. The average Bonchev–Trinajstić information content (AvgIpc) is 2.53. The van der Waals surface area contributed by atoms with Crippen LogP contribution in [0.1, 0.15) is 11.1 Å². The summed E-state index contributed by atoms with van der Waals surface area (Å²) in [6.45, 7) is 0. The normalized spacial score (nSPS) is 11.2. The molecule has 0 spiro atoms. The summed E-state index contributed by atoms with van der Waals surface area (Å²) in [6, 6.07) is 11.7. The number of sulfone groups is 2. The number of hydrogen-bond donors (Lipinski definition) is 2. The minimum absolute atomic E-state index is 0.0932. The van der Waals surface area contributed by atoms with E-state index in [1.54, 1.807) is 0 Å². The molecule has 2 aromatic rings. The Hall–Kier alpha value is -2.72. The number of benzene rings is 2. The van der Waals surface area contributed by atoms with Crippen LogP contribution >= 0.6 is 0 Å². The monoisotopic (exact) mass is 428 g/mol. The summed E-state index contributed by atoms with van der Waals surface area (Å²) in [5, 5.41) is 17.0. The number of carboxylic acid groups (broad SMARTS) is 2. The van der Waals surface area contributed by atoms with Crippen LogP contribution in [0.5, 0.6) is 0 Å². The van der Waals surface area contributed by atoms with Gasteiger partial charge < -0.3 is 10.2 Å². The molecule has 8 nitrogen and oxygen atoms in total. The van der Waals surface area contributed by atoms with Gasteiger partial charge in [-0.25, -0.2) is 16.8 Å². The zero-order chi connectivity index (χ0) is 21.5. The molecule has 2 aromatic carbocycles. The summed E-state index contributed by atoms with van der Waals surface area (Å²) in [6.07, 6.45) is 2.03. The smallest absolute Gasteiger partial charge is 0.307 e. The SMILES string of the molecule is CS(=O)(=O)c1ccc(CC(=O)O)cc1.CS(=O)(=O)c1ccc(CC(=O)O)cc1. The fraction of sp³-hybridized carbons (Fsp3) is 0.222. The van der Waals surface area contributed by atoms with Crippen molar-refractivity contribution in [1.29, 1.82) is 0 Å². The molecule has 10 heteroatoms. The Morgan fingerprint density at radius 3 is 1.07 bits per heavy atom. The van der Waals surface area contributed by atoms with Gasteiger partial charge in [-0.3, -0.25) is 9.59 Å². The van der Waals surface area contributed by atoms with Crippen LogP contribution in [0.15, 0.2) is 58.3 Å². The molecule has 0 saturated heterocycles. The Balaban J connectivity index is 0.000000280. The number of carboxylic acids is 2. The highest BCUT2D eigenvalue weighted by molar-refractivity contribution is 7.91. The van der Waals surface area contributed by atoms with Crippen LogP contribution in [-0.4, -0.2) is 51.5 Å². The van der Waals surface area contributed by atoms with Gasteiger partial charge in [-0.1, -0.05) is 24.3 Å². The number of aliphatic carboxylic acids is 2. The van der Waals surface area contributed by atoms with Gasteiger partial charge in [0, 0.05) is 12.5 Å². The molecular formula is C18H20O8S2. The molecule has 2 rings (SSSR count). The van der Waals surface area contributed by atoms with Crippen molar-refractivity contribution in [2.24, 2.45) is 0 Å². The molecule has 0 amide bonds. The van der Waals surface area contributed by atoms with E-state index in [9.17, 15) is 26.4 Å². The van der Waals surface area contributed by atoms with Crippen LogP contribution in [-0.2, 0) is 42.1 Å². The topological polar surface area (TPSA) is 143 Å². The molecule has 0 radical (unpaired) electrons. The molecule has 2 N–H and O–H groups in total. The summed E-state index contributed by atoms with van der Waals surface area (Å²) in [5.74, 6) is -1.87. The third kappa shape index (κ3) is 8.31. The van der Waals surface area contributed by atoms with E-state index in [0.717, 1.165) is 12.5 Å². The molecule has 0 heterocycles. The predicted octanol–water partition coefficient (Wildman–Crippen LogP) is 1.43. The standard InChI is InChI=1S/2C9H10O4S/c2*1-14(12,13)8-4-2-7(3-5-8)6-9(10)11/h2*2-5H,6H2,1H3,(H,10,11). The molecule has 0 unspecified atom stereocenters. The first-order chi connectivity index (χ1) is 12.8. The highest BCUT2D eigenvalue weighted by atomic mass is 32.2. The number of rotatable bonds is 6. The third-order valence-electron chi connectivity index (χ3n) is 3.41. The first-order valence-electron chi connectivity index (χ1n) is 7.80. The van der Waals surface area contributed by atoms with E-state index in [2.05, 4.69) is 0 Å². The zero-order valence-electron chi connectivity index (χ0n) is 15.2. The molecule has 152 valence electrons. The molecule has 0 atom stereocenters. The highest BCUT2D eigenvalue weighted by Gasteiger charge is 2.08. The largest absolute Gasteiger partial charge is 0.481 e. The second-order valence-electron chi connectivity index (χ2n) is 5.97. The lowest BCUT2D eigenvalue weighted by molar-refractivity contribution is -0.137. The maximum atomic E-state index is 11.1. The van der Waals surface area contributed by atoms with E-state index in [1.165, 1.54) is 48.5 Å². The molecule has 28 heavy (non-hydrogen) atoms. The Bertz CT molecular complexity index is 948. The Labute approximate surface area is 163 Å². The molecule has 0 bridgehead atoms. The van der Waals surface area contributed by atoms with E-state index in [0.29, 0.717) is 11.1 Å². The van der Waals surface area contributed by atoms with Crippen molar-refractivity contribution in [2.75, 3.05) is 12.5 Å². The van der Waals surface area contributed by atoms with Crippen LogP contribution in [0.3, 0.4) is 0 Å². The van der Waals surface area contributed by atoms with Crippen molar-refractivity contribution in [3.63, 3.8) is 0 Å². The fourth-order valence-electron chi connectivity index (χ4n) is 2.06. The van der Waals surface area contributed by atoms with Crippen molar-refractivity contribution < 1.29 is 36.6 Å². The lowest BCUT2D eigenvalue weighted by Gasteiger charge is -1.99. The minimum Gasteiger partial charge on any atom is -0.481 e. The van der Waals surface area contributed by atoms with Gasteiger partial charge in [0.1, 0.15) is 0 Å². The van der Waals surface area contributed by atoms with Crippen molar-refractivity contribution >= 4 is 31.6 Å². The van der Waals surface area contributed by atoms with Gasteiger partial charge in [0.2, 0.25) is 0 Å². The molecule has 0 aliphatic carbocycles. The van der Waals surface area contributed by atoms with E-state index >= 15 is 0 Å². The second kappa shape index (κ2) is 9.47. The first-order valence-corrected chi connectivity index (χ1v) is 11.6. The van der Waals surface area contributed by atoms with E-state index in [4.69, 9.17) is 10.2 Å². The van der Waals surface area contributed by atoms with E-state index < -0.39 is 31.6 Å². The van der Waals surface area contributed by atoms with Crippen LogP contribution in [0.25, 0.3) is 0 Å².